The lowest BCUT2D eigenvalue weighted by molar-refractivity contribution is -0.137. The zero-order valence-corrected chi connectivity index (χ0v) is 13.8. The third-order valence-corrected chi connectivity index (χ3v) is 4.19. The number of aliphatic hydroxyl groups is 2. The van der Waals surface area contributed by atoms with Crippen LogP contribution < -0.4 is 0 Å². The molecule has 0 aliphatic heterocycles. The molecule has 1 saturated carbocycles. The van der Waals surface area contributed by atoms with Gasteiger partial charge in [-0.1, -0.05) is 68.6 Å². The number of carboxylic acids is 1. The van der Waals surface area contributed by atoms with Crippen molar-refractivity contribution >= 4 is 5.97 Å². The molecule has 0 bridgehead atoms. The molecule has 1 fully saturated rings. The average molecular weight is 322 g/mol. The molecule has 0 amide bonds. The largest absolute Gasteiger partial charge is 0.481 e. The van der Waals surface area contributed by atoms with E-state index in [0.717, 1.165) is 6.42 Å². The van der Waals surface area contributed by atoms with E-state index in [4.69, 9.17) is 5.11 Å². The molecule has 4 heteroatoms. The summed E-state index contributed by atoms with van der Waals surface area (Å²) in [5, 5.41) is 28.1. The van der Waals surface area contributed by atoms with Crippen LogP contribution in [0, 0.1) is 5.92 Å². The van der Waals surface area contributed by atoms with Crippen LogP contribution in [-0.4, -0.2) is 33.5 Å². The summed E-state index contributed by atoms with van der Waals surface area (Å²) in [6.45, 7) is 0. The molecule has 0 radical (unpaired) electrons. The number of carboxylic acid groups (broad SMARTS) is 1. The summed E-state index contributed by atoms with van der Waals surface area (Å²) in [5.74, 6) is -0.175. The van der Waals surface area contributed by atoms with Crippen molar-refractivity contribution in [1.82, 2.24) is 0 Å². The minimum absolute atomic E-state index is 0.0857. The molecule has 0 saturated heterocycles. The summed E-state index contributed by atoms with van der Waals surface area (Å²) in [7, 11) is 0. The predicted molar refractivity (Wildman–Crippen MR) is 92.1 cm³/mol. The number of allylic oxidation sites excluding steroid dienone is 4. The topological polar surface area (TPSA) is 77.8 Å². The number of aliphatic hydroxyl groups excluding tert-OH is 2. The van der Waals surface area contributed by atoms with Gasteiger partial charge in [-0.15, -0.1) is 0 Å². The Hall–Kier alpha value is -1.39. The Morgan fingerprint density at radius 2 is 1.57 bits per heavy atom. The smallest absolute Gasteiger partial charge is 0.303 e. The summed E-state index contributed by atoms with van der Waals surface area (Å²) in [5.41, 5.74) is 0. The highest BCUT2D eigenvalue weighted by molar-refractivity contribution is 5.66. The van der Waals surface area contributed by atoms with Crippen LogP contribution in [0.15, 0.2) is 36.5 Å². The fourth-order valence-corrected chi connectivity index (χ4v) is 2.91. The molecular formula is C19H30O4. The number of carbonyl (C=O) groups is 1. The Kier molecular flexibility index (Phi) is 10.3. The van der Waals surface area contributed by atoms with E-state index < -0.39 is 12.1 Å². The van der Waals surface area contributed by atoms with Gasteiger partial charge in [-0.25, -0.2) is 0 Å². The molecule has 1 aliphatic carbocycles. The lowest BCUT2D eigenvalue weighted by atomic mass is 9.85. The van der Waals surface area contributed by atoms with Gasteiger partial charge < -0.3 is 15.3 Å². The first-order chi connectivity index (χ1) is 11.1. The van der Waals surface area contributed by atoms with Crippen LogP contribution in [0.5, 0.6) is 0 Å². The van der Waals surface area contributed by atoms with Crippen molar-refractivity contribution in [3.8, 4) is 0 Å². The van der Waals surface area contributed by atoms with Gasteiger partial charge in [0.2, 0.25) is 0 Å². The Balaban J connectivity index is 2.15. The first-order valence-corrected chi connectivity index (χ1v) is 8.67. The quantitative estimate of drug-likeness (QED) is 0.537. The van der Waals surface area contributed by atoms with Crippen molar-refractivity contribution in [2.45, 2.75) is 70.0 Å². The second-order valence-electron chi connectivity index (χ2n) is 6.32. The van der Waals surface area contributed by atoms with Gasteiger partial charge in [-0.3, -0.25) is 4.79 Å². The van der Waals surface area contributed by atoms with E-state index in [9.17, 15) is 15.0 Å². The van der Waals surface area contributed by atoms with E-state index in [2.05, 4.69) is 0 Å². The summed E-state index contributed by atoms with van der Waals surface area (Å²) < 4.78 is 0. The van der Waals surface area contributed by atoms with Crippen molar-refractivity contribution in [3.63, 3.8) is 0 Å². The highest BCUT2D eigenvalue weighted by atomic mass is 16.4. The minimum atomic E-state index is -0.835. The molecule has 0 aromatic heterocycles. The lowest BCUT2D eigenvalue weighted by Crippen LogP contribution is -2.14. The molecule has 1 aliphatic rings. The van der Waals surface area contributed by atoms with E-state index in [1.807, 2.05) is 18.2 Å². The van der Waals surface area contributed by atoms with Gasteiger partial charge >= 0.3 is 5.97 Å². The normalized spacial score (nSPS) is 19.7. The first-order valence-electron chi connectivity index (χ1n) is 8.67. The summed E-state index contributed by atoms with van der Waals surface area (Å²) in [6.07, 6.45) is 17.9. The molecule has 2 atom stereocenters. The molecule has 3 N–H and O–H groups in total. The summed E-state index contributed by atoms with van der Waals surface area (Å²) in [6, 6.07) is 0. The molecule has 23 heavy (non-hydrogen) atoms. The molecule has 0 aromatic carbocycles. The summed E-state index contributed by atoms with van der Waals surface area (Å²) in [4.78, 5) is 10.4. The molecule has 130 valence electrons. The third-order valence-electron chi connectivity index (χ3n) is 4.19. The number of hydrogen-bond donors (Lipinski definition) is 3. The summed E-state index contributed by atoms with van der Waals surface area (Å²) >= 11 is 0. The standard InChI is InChI=1S/C19H30O4/c20-17(13-8-14-19(22)23)11-6-1-2-7-12-18(21)15-16-9-4-3-5-10-16/h1-2,6-7,11-12,16-18,20-21H,3-5,8-10,13-15H2,(H,22,23)/b2-1-,11-6+,12-7+. The fourth-order valence-electron chi connectivity index (χ4n) is 2.91. The highest BCUT2D eigenvalue weighted by Crippen LogP contribution is 2.27. The van der Waals surface area contributed by atoms with Crippen molar-refractivity contribution in [3.05, 3.63) is 36.5 Å². The Labute approximate surface area is 139 Å². The fraction of sp³-hybridized carbons (Fsp3) is 0.632. The van der Waals surface area contributed by atoms with E-state index in [1.165, 1.54) is 32.1 Å². The van der Waals surface area contributed by atoms with Gasteiger partial charge in [0.1, 0.15) is 0 Å². The zero-order chi connectivity index (χ0) is 16.9. The lowest BCUT2D eigenvalue weighted by Gasteiger charge is -2.22. The van der Waals surface area contributed by atoms with Crippen LogP contribution in [0.3, 0.4) is 0 Å². The van der Waals surface area contributed by atoms with Gasteiger partial charge in [0.25, 0.3) is 0 Å². The predicted octanol–water partition coefficient (Wildman–Crippen LogP) is 3.60. The third kappa shape index (κ3) is 10.9. The number of hydrogen-bond acceptors (Lipinski definition) is 3. The Morgan fingerprint density at radius 3 is 2.17 bits per heavy atom. The maximum absolute atomic E-state index is 10.4. The van der Waals surface area contributed by atoms with Gasteiger partial charge in [0, 0.05) is 6.42 Å². The van der Waals surface area contributed by atoms with Crippen molar-refractivity contribution in [2.75, 3.05) is 0 Å². The van der Waals surface area contributed by atoms with Crippen LogP contribution in [0.25, 0.3) is 0 Å². The van der Waals surface area contributed by atoms with E-state index >= 15 is 0 Å². The van der Waals surface area contributed by atoms with Crippen molar-refractivity contribution < 1.29 is 20.1 Å². The number of aliphatic carboxylic acids is 1. The van der Waals surface area contributed by atoms with Crippen LogP contribution in [-0.2, 0) is 4.79 Å². The van der Waals surface area contributed by atoms with Crippen LogP contribution >= 0.6 is 0 Å². The molecule has 0 spiro atoms. The first kappa shape index (κ1) is 19.7. The number of rotatable bonds is 10. The van der Waals surface area contributed by atoms with E-state index in [0.29, 0.717) is 18.8 Å². The van der Waals surface area contributed by atoms with Gasteiger partial charge in [0.15, 0.2) is 0 Å². The second kappa shape index (κ2) is 12.1. The molecule has 1 rings (SSSR count). The van der Waals surface area contributed by atoms with E-state index in [1.54, 1.807) is 18.2 Å². The molecule has 2 unspecified atom stereocenters. The monoisotopic (exact) mass is 322 g/mol. The SMILES string of the molecule is O=C(O)CCCC(O)/C=C/C=C\C=C\C(O)CC1CCCCC1. The van der Waals surface area contributed by atoms with Crippen molar-refractivity contribution in [2.24, 2.45) is 5.92 Å². The average Bonchev–Trinajstić information content (AvgIpc) is 2.51. The highest BCUT2D eigenvalue weighted by Gasteiger charge is 2.15. The molecule has 0 heterocycles. The second-order valence-corrected chi connectivity index (χ2v) is 6.32. The Morgan fingerprint density at radius 1 is 0.957 bits per heavy atom. The molecule has 0 aromatic rings. The zero-order valence-electron chi connectivity index (χ0n) is 13.8. The van der Waals surface area contributed by atoms with Gasteiger partial charge in [-0.05, 0) is 25.2 Å². The minimum Gasteiger partial charge on any atom is -0.481 e. The van der Waals surface area contributed by atoms with Crippen molar-refractivity contribution in [1.29, 1.82) is 0 Å². The van der Waals surface area contributed by atoms with Crippen LogP contribution in [0.2, 0.25) is 0 Å². The van der Waals surface area contributed by atoms with Gasteiger partial charge in [-0.2, -0.15) is 0 Å². The van der Waals surface area contributed by atoms with E-state index in [-0.39, 0.29) is 12.5 Å². The van der Waals surface area contributed by atoms with Crippen LogP contribution in [0.1, 0.15) is 57.8 Å². The maximum atomic E-state index is 10.4. The maximum Gasteiger partial charge on any atom is 0.303 e. The van der Waals surface area contributed by atoms with Gasteiger partial charge in [0.05, 0.1) is 12.2 Å². The molecular weight excluding hydrogens is 292 g/mol. The molecule has 4 nitrogen and oxygen atoms in total. The Bertz CT molecular complexity index is 406. The van der Waals surface area contributed by atoms with Crippen LogP contribution in [0.4, 0.5) is 0 Å².